The third-order valence-electron chi connectivity index (χ3n) is 5.03. The van der Waals surface area contributed by atoms with Crippen molar-refractivity contribution >= 4 is 11.5 Å². The minimum atomic E-state index is 0.570. The van der Waals surface area contributed by atoms with Crippen LogP contribution in [0.25, 0.3) is 0 Å². The third-order valence-corrected chi connectivity index (χ3v) is 5.03. The number of rotatable bonds is 2. The molecule has 2 heterocycles. The van der Waals surface area contributed by atoms with Gasteiger partial charge in [-0.15, -0.1) is 0 Å². The highest BCUT2D eigenvalue weighted by Gasteiger charge is 2.30. The summed E-state index contributed by atoms with van der Waals surface area (Å²) in [6.45, 7) is 0. The molecule has 24 heavy (non-hydrogen) atoms. The van der Waals surface area contributed by atoms with Gasteiger partial charge in [-0.1, -0.05) is 12.2 Å². The van der Waals surface area contributed by atoms with Crippen molar-refractivity contribution in [3.8, 4) is 0 Å². The van der Waals surface area contributed by atoms with Gasteiger partial charge < -0.3 is 16.0 Å². The quantitative estimate of drug-likeness (QED) is 0.875. The summed E-state index contributed by atoms with van der Waals surface area (Å²) in [6, 6.07) is 0. The molecule has 3 aliphatic rings. The Kier molecular flexibility index (Phi) is 3.84. The molecule has 5 nitrogen and oxygen atoms in total. The Morgan fingerprint density at radius 1 is 1.08 bits per heavy atom. The van der Waals surface area contributed by atoms with Crippen molar-refractivity contribution in [1.29, 1.82) is 0 Å². The zero-order chi connectivity index (χ0) is 16.5. The number of aromatic nitrogens is 2. The number of fused-ring (bicyclic) bond motifs is 1. The third kappa shape index (κ3) is 2.50. The molecule has 0 amide bonds. The molecule has 1 aromatic rings. The normalized spacial score (nSPS) is 20.0. The Morgan fingerprint density at radius 2 is 2.00 bits per heavy atom. The van der Waals surface area contributed by atoms with Gasteiger partial charge in [-0.25, -0.2) is 9.97 Å². The first-order valence-electron chi connectivity index (χ1n) is 8.64. The average Bonchev–Trinajstić information content (AvgIpc) is 2.83. The van der Waals surface area contributed by atoms with Gasteiger partial charge in [-0.05, 0) is 56.3 Å². The fourth-order valence-electron chi connectivity index (χ4n) is 3.85. The second-order valence-electron chi connectivity index (χ2n) is 6.40. The molecule has 1 aromatic heterocycles. The number of nitrogens with zero attached hydrogens (tertiary/aromatic N) is 3. The highest BCUT2D eigenvalue weighted by molar-refractivity contribution is 5.75. The van der Waals surface area contributed by atoms with Crippen LogP contribution in [0.4, 0.5) is 11.5 Å². The van der Waals surface area contributed by atoms with Crippen molar-refractivity contribution < 1.29 is 0 Å². The lowest BCUT2D eigenvalue weighted by molar-refractivity contribution is 0.820. The Morgan fingerprint density at radius 3 is 2.88 bits per heavy atom. The number of anilines is 2. The topological polar surface area (TPSA) is 67.1 Å². The molecule has 2 aliphatic carbocycles. The molecule has 1 aliphatic heterocycles. The molecule has 0 saturated carbocycles. The minimum Gasteiger partial charge on any atom is -0.388 e. The maximum absolute atomic E-state index is 6.29. The molecule has 0 radical (unpaired) electrons. The summed E-state index contributed by atoms with van der Waals surface area (Å²) in [7, 11) is 1.95. The van der Waals surface area contributed by atoms with Crippen LogP contribution in [0.5, 0.6) is 0 Å². The van der Waals surface area contributed by atoms with Gasteiger partial charge in [0.05, 0.1) is 5.69 Å². The van der Waals surface area contributed by atoms with Crippen LogP contribution in [0.15, 0.2) is 53.3 Å². The summed E-state index contributed by atoms with van der Waals surface area (Å²) in [5, 5.41) is 3.22. The highest BCUT2D eigenvalue weighted by atomic mass is 15.2. The number of hydrogen-bond donors (Lipinski definition) is 2. The number of nitrogens with one attached hydrogen (secondary N) is 1. The Labute approximate surface area is 142 Å². The van der Waals surface area contributed by atoms with Crippen LogP contribution in [-0.4, -0.2) is 17.0 Å². The second kappa shape index (κ2) is 6.15. The van der Waals surface area contributed by atoms with Crippen LogP contribution in [0.1, 0.15) is 37.8 Å². The van der Waals surface area contributed by atoms with Gasteiger partial charge in [0.1, 0.15) is 12.0 Å². The van der Waals surface area contributed by atoms with Crippen LogP contribution in [0, 0.1) is 0 Å². The molecule has 0 atom stereocenters. The summed E-state index contributed by atoms with van der Waals surface area (Å²) in [5.74, 6) is 0.570. The Hall–Kier alpha value is -2.56. The molecule has 0 bridgehead atoms. The van der Waals surface area contributed by atoms with Crippen molar-refractivity contribution in [3.63, 3.8) is 0 Å². The maximum Gasteiger partial charge on any atom is 0.151 e. The van der Waals surface area contributed by atoms with E-state index in [-0.39, 0.29) is 0 Å². The number of likely N-dealkylation sites (N-methyl/N-ethyl adjacent to an activating group) is 1. The summed E-state index contributed by atoms with van der Waals surface area (Å²) in [4.78, 5) is 11.1. The largest absolute Gasteiger partial charge is 0.388 e. The molecule has 0 spiro atoms. The van der Waals surface area contributed by atoms with Gasteiger partial charge in [-0.3, -0.25) is 0 Å². The first-order valence-corrected chi connectivity index (χ1v) is 8.64. The number of hydrogen-bond acceptors (Lipinski definition) is 5. The molecule has 124 valence electrons. The van der Waals surface area contributed by atoms with Crippen LogP contribution in [-0.2, 0) is 6.42 Å². The van der Waals surface area contributed by atoms with Crippen molar-refractivity contribution in [1.82, 2.24) is 15.3 Å². The number of nitrogen functional groups attached to an aromatic ring is 1. The molecular weight excluding hydrogens is 298 g/mol. The molecule has 0 saturated heterocycles. The SMILES string of the molecule is CNC1=CCC=C(N2C3=C(CCC3)CCc3ncnc(N)c32)C=C1. The van der Waals surface area contributed by atoms with E-state index < -0.39 is 0 Å². The molecule has 4 rings (SSSR count). The maximum atomic E-state index is 6.29. The van der Waals surface area contributed by atoms with Crippen LogP contribution < -0.4 is 16.0 Å². The van der Waals surface area contributed by atoms with E-state index in [1.807, 2.05) is 7.05 Å². The second-order valence-corrected chi connectivity index (χ2v) is 6.40. The van der Waals surface area contributed by atoms with E-state index in [0.717, 1.165) is 48.5 Å². The fraction of sp³-hybridized carbons (Fsp3) is 0.368. The van der Waals surface area contributed by atoms with Gasteiger partial charge >= 0.3 is 0 Å². The van der Waals surface area contributed by atoms with E-state index in [1.165, 1.54) is 18.5 Å². The highest BCUT2D eigenvalue weighted by Crippen LogP contribution is 2.43. The Balaban J connectivity index is 1.85. The van der Waals surface area contributed by atoms with E-state index >= 15 is 0 Å². The molecule has 0 unspecified atom stereocenters. The molecule has 3 N–H and O–H groups in total. The average molecular weight is 321 g/mol. The van der Waals surface area contributed by atoms with Crippen molar-refractivity contribution in [2.45, 2.75) is 38.5 Å². The zero-order valence-electron chi connectivity index (χ0n) is 14.0. The predicted molar refractivity (Wildman–Crippen MR) is 97.1 cm³/mol. The van der Waals surface area contributed by atoms with Gasteiger partial charge in [0.15, 0.2) is 5.82 Å². The fourth-order valence-corrected chi connectivity index (χ4v) is 3.85. The summed E-state index contributed by atoms with van der Waals surface area (Å²) < 4.78 is 0. The Bertz CT molecular complexity index is 785. The van der Waals surface area contributed by atoms with Crippen molar-refractivity contribution in [2.24, 2.45) is 0 Å². The molecule has 0 aromatic carbocycles. The lowest BCUT2D eigenvalue weighted by Crippen LogP contribution is -2.23. The number of allylic oxidation sites excluding steroid dienone is 6. The summed E-state index contributed by atoms with van der Waals surface area (Å²) >= 11 is 0. The summed E-state index contributed by atoms with van der Waals surface area (Å²) in [5.41, 5.74) is 13.6. The number of aryl methyl sites for hydroxylation is 1. The zero-order valence-corrected chi connectivity index (χ0v) is 14.0. The summed E-state index contributed by atoms with van der Waals surface area (Å²) in [6.07, 6.45) is 16.7. The van der Waals surface area contributed by atoms with Crippen molar-refractivity contribution in [2.75, 3.05) is 17.7 Å². The predicted octanol–water partition coefficient (Wildman–Crippen LogP) is 3.20. The first kappa shape index (κ1) is 15.0. The molecular formula is C19H23N5. The minimum absolute atomic E-state index is 0.570. The van der Waals surface area contributed by atoms with Gasteiger partial charge in [0.25, 0.3) is 0 Å². The van der Waals surface area contributed by atoms with Crippen molar-refractivity contribution in [3.05, 3.63) is 59.0 Å². The standard InChI is InChI=1S/C19H23N5/c1-21-14-5-3-6-15(10-9-14)24-17-7-2-4-13(17)8-11-16-18(24)19(20)23-12-22-16/h5-6,9-10,12,21H,2-4,7-8,11H2,1H3,(H2,20,22,23). The molecule has 0 fully saturated rings. The van der Waals surface area contributed by atoms with Crippen LogP contribution in [0.2, 0.25) is 0 Å². The van der Waals surface area contributed by atoms with Gasteiger partial charge in [0.2, 0.25) is 0 Å². The lowest BCUT2D eigenvalue weighted by atomic mass is 10.1. The van der Waals surface area contributed by atoms with Gasteiger partial charge in [0, 0.05) is 24.1 Å². The smallest absolute Gasteiger partial charge is 0.151 e. The molecule has 5 heteroatoms. The van der Waals surface area contributed by atoms with E-state index in [4.69, 9.17) is 5.73 Å². The first-order chi connectivity index (χ1) is 11.8. The van der Waals surface area contributed by atoms with E-state index in [2.05, 4.69) is 44.5 Å². The monoisotopic (exact) mass is 321 g/mol. The van der Waals surface area contributed by atoms with E-state index in [0.29, 0.717) is 5.82 Å². The van der Waals surface area contributed by atoms with Crippen LogP contribution in [0.3, 0.4) is 0 Å². The number of nitrogens with two attached hydrogens (primary N) is 1. The van der Waals surface area contributed by atoms with Crippen LogP contribution >= 0.6 is 0 Å². The van der Waals surface area contributed by atoms with E-state index in [9.17, 15) is 0 Å². The van der Waals surface area contributed by atoms with E-state index in [1.54, 1.807) is 11.9 Å². The van der Waals surface area contributed by atoms with Gasteiger partial charge in [-0.2, -0.15) is 0 Å². The lowest BCUT2D eigenvalue weighted by Gasteiger charge is -2.29.